The lowest BCUT2D eigenvalue weighted by atomic mass is 10.1. The number of rotatable bonds is 38. The summed E-state index contributed by atoms with van der Waals surface area (Å²) >= 11 is 0. The molecule has 0 saturated heterocycles. The van der Waals surface area contributed by atoms with E-state index in [2.05, 4.69) is 80.7 Å². The molecule has 2 unspecified atom stereocenters. The van der Waals surface area contributed by atoms with E-state index in [0.717, 1.165) is 70.6 Å². The van der Waals surface area contributed by atoms with Crippen LogP contribution in [0, 0.1) is 0 Å². The Morgan fingerprint density at radius 2 is 1.04 bits per heavy atom. The third-order valence-corrected chi connectivity index (χ3v) is 9.35. The van der Waals surface area contributed by atoms with Gasteiger partial charge in [-0.25, -0.2) is 4.79 Å². The van der Waals surface area contributed by atoms with Gasteiger partial charge < -0.3 is 23.8 Å². The summed E-state index contributed by atoms with van der Waals surface area (Å²) in [7, 11) is 5.50. The Hall–Kier alpha value is -3.23. The van der Waals surface area contributed by atoms with Gasteiger partial charge in [-0.3, -0.25) is 9.59 Å². The molecule has 1 N–H and O–H groups in total. The van der Waals surface area contributed by atoms with Crippen molar-refractivity contribution in [2.75, 3.05) is 41.0 Å². The first-order valence-corrected chi connectivity index (χ1v) is 22.0. The quantitative estimate of drug-likeness (QED) is 0.0288. The third kappa shape index (κ3) is 36.4. The molecule has 56 heavy (non-hydrogen) atoms. The summed E-state index contributed by atoms with van der Waals surface area (Å²) < 4.78 is 17.2. The van der Waals surface area contributed by atoms with Crippen molar-refractivity contribution < 1.29 is 38.2 Å². The van der Waals surface area contributed by atoms with Crippen LogP contribution in [-0.4, -0.2) is 80.6 Å². The van der Waals surface area contributed by atoms with Crippen LogP contribution >= 0.6 is 0 Å². The van der Waals surface area contributed by atoms with Gasteiger partial charge in [0, 0.05) is 19.3 Å². The van der Waals surface area contributed by atoms with Crippen LogP contribution in [0.25, 0.3) is 0 Å². The molecule has 0 amide bonds. The van der Waals surface area contributed by atoms with E-state index >= 15 is 0 Å². The topological polar surface area (TPSA) is 99.1 Å². The summed E-state index contributed by atoms with van der Waals surface area (Å²) in [5.41, 5.74) is 0. The van der Waals surface area contributed by atoms with E-state index in [1.807, 2.05) is 27.2 Å². The van der Waals surface area contributed by atoms with Crippen LogP contribution < -0.4 is 0 Å². The lowest BCUT2D eigenvalue weighted by Crippen LogP contribution is -2.50. The van der Waals surface area contributed by atoms with Crippen molar-refractivity contribution in [2.24, 2.45) is 0 Å². The van der Waals surface area contributed by atoms with Crippen molar-refractivity contribution in [3.63, 3.8) is 0 Å². The number of nitrogens with zero attached hydrogens (tertiary/aromatic N) is 1. The molecular formula is C48H82NO7+. The molecule has 0 aromatic carbocycles. The molecule has 0 radical (unpaired) electrons. The Morgan fingerprint density at radius 3 is 1.55 bits per heavy atom. The normalized spacial score (nSPS) is 13.7. The van der Waals surface area contributed by atoms with E-state index in [0.29, 0.717) is 19.3 Å². The molecule has 0 rings (SSSR count). The molecule has 0 aromatic rings. The van der Waals surface area contributed by atoms with Crippen LogP contribution in [0.4, 0.5) is 0 Å². The smallest absolute Gasteiger partial charge is 0.362 e. The number of carbonyl (C=O) groups excluding carboxylic acids is 2. The molecule has 0 heterocycles. The number of ether oxygens (including phenoxy) is 3. The number of allylic oxidation sites excluding steroid dienone is 12. The summed E-state index contributed by atoms with van der Waals surface area (Å²) in [6.45, 7) is 4.52. The first kappa shape index (κ1) is 52.8. The zero-order chi connectivity index (χ0) is 41.4. The lowest BCUT2D eigenvalue weighted by molar-refractivity contribution is -0.887. The summed E-state index contributed by atoms with van der Waals surface area (Å²) in [4.78, 5) is 36.9. The highest BCUT2D eigenvalue weighted by Gasteiger charge is 2.31. The van der Waals surface area contributed by atoms with Crippen molar-refractivity contribution >= 4 is 17.9 Å². The van der Waals surface area contributed by atoms with Gasteiger partial charge in [-0.2, -0.15) is 0 Å². The monoisotopic (exact) mass is 785 g/mol. The molecule has 0 aromatic heterocycles. The van der Waals surface area contributed by atoms with Crippen LogP contribution in [0.1, 0.15) is 162 Å². The summed E-state index contributed by atoms with van der Waals surface area (Å²) in [5, 5.41) is 9.61. The van der Waals surface area contributed by atoms with Gasteiger partial charge in [0.05, 0.1) is 34.4 Å². The Balaban J connectivity index is 4.44. The molecule has 320 valence electrons. The number of unbranched alkanes of at least 4 members (excludes halogenated alkanes) is 12. The van der Waals surface area contributed by atoms with E-state index in [1.54, 1.807) is 0 Å². The van der Waals surface area contributed by atoms with Gasteiger partial charge in [-0.05, 0) is 70.6 Å². The number of likely N-dealkylation sites (N-methyl/N-ethyl adjacent to an activating group) is 1. The predicted octanol–water partition coefficient (Wildman–Crippen LogP) is 12.0. The number of esters is 2. The standard InChI is InChI=1S/C48H81NO7/c1-6-8-10-12-14-16-18-20-21-22-23-24-25-27-29-31-33-35-37-39-47(51)56-44(42-54-41-40-45(48(52)53)49(3,4)5)43-55-46(50)38-36-34-32-30-28-26-19-17-15-13-11-9-7-2/h8,10,14,16,20-21,23-24,26,28,32,34,44-45H,6-7,9,11-13,15,17-19,22,25,27,29-31,33,35-43H2,1-5H3/p+1/b10-8+,16-14+,21-20+,24-23+,28-26+,34-32+. The minimum absolute atomic E-state index is 0.0345. The first-order chi connectivity index (χ1) is 27.1. The third-order valence-electron chi connectivity index (χ3n) is 9.35. The van der Waals surface area contributed by atoms with E-state index < -0.39 is 18.1 Å². The van der Waals surface area contributed by atoms with Crippen LogP contribution in [0.2, 0.25) is 0 Å². The van der Waals surface area contributed by atoms with Crippen molar-refractivity contribution in [1.82, 2.24) is 0 Å². The number of carboxylic acids is 1. The molecule has 0 aliphatic heterocycles. The highest BCUT2D eigenvalue weighted by atomic mass is 16.6. The zero-order valence-corrected chi connectivity index (χ0v) is 36.3. The fraction of sp³-hybridized carbons (Fsp3) is 0.688. The van der Waals surface area contributed by atoms with Crippen molar-refractivity contribution in [1.29, 1.82) is 0 Å². The first-order valence-electron chi connectivity index (χ1n) is 22.0. The van der Waals surface area contributed by atoms with Gasteiger partial charge in [0.25, 0.3) is 0 Å². The maximum absolute atomic E-state index is 12.7. The molecule has 2 atom stereocenters. The fourth-order valence-electron chi connectivity index (χ4n) is 5.96. The summed E-state index contributed by atoms with van der Waals surface area (Å²) in [5.74, 6) is -1.58. The van der Waals surface area contributed by atoms with E-state index in [4.69, 9.17) is 14.2 Å². The number of hydrogen-bond acceptors (Lipinski definition) is 6. The van der Waals surface area contributed by atoms with E-state index in [1.165, 1.54) is 51.4 Å². The minimum atomic E-state index is -0.887. The van der Waals surface area contributed by atoms with Gasteiger partial charge in [-0.15, -0.1) is 0 Å². The Labute approximate surface area is 342 Å². The van der Waals surface area contributed by atoms with Crippen molar-refractivity contribution in [3.8, 4) is 0 Å². The second kappa shape index (κ2) is 38.6. The number of hydrogen-bond donors (Lipinski definition) is 1. The highest BCUT2D eigenvalue weighted by molar-refractivity contribution is 5.72. The largest absolute Gasteiger partial charge is 0.477 e. The molecule has 0 aliphatic rings. The Morgan fingerprint density at radius 1 is 0.554 bits per heavy atom. The maximum Gasteiger partial charge on any atom is 0.362 e. The average Bonchev–Trinajstić information content (AvgIpc) is 3.15. The predicted molar refractivity (Wildman–Crippen MR) is 233 cm³/mol. The molecule has 8 heteroatoms. The van der Waals surface area contributed by atoms with Gasteiger partial charge in [-0.1, -0.05) is 145 Å². The molecule has 0 spiro atoms. The average molecular weight is 785 g/mol. The minimum Gasteiger partial charge on any atom is -0.477 e. The summed E-state index contributed by atoms with van der Waals surface area (Å²) in [6, 6.07) is -0.627. The van der Waals surface area contributed by atoms with Crippen molar-refractivity contribution in [3.05, 3.63) is 72.9 Å². The van der Waals surface area contributed by atoms with Crippen LogP contribution in [0.15, 0.2) is 72.9 Å². The van der Waals surface area contributed by atoms with Gasteiger partial charge in [0.2, 0.25) is 0 Å². The van der Waals surface area contributed by atoms with Gasteiger partial charge in [0.15, 0.2) is 12.1 Å². The highest BCUT2D eigenvalue weighted by Crippen LogP contribution is 2.13. The second-order valence-electron chi connectivity index (χ2n) is 15.6. The molecular weight excluding hydrogens is 703 g/mol. The molecule has 8 nitrogen and oxygen atoms in total. The number of quaternary nitrogens is 1. The van der Waals surface area contributed by atoms with Crippen LogP contribution in [0.5, 0.6) is 0 Å². The van der Waals surface area contributed by atoms with E-state index in [9.17, 15) is 19.5 Å². The SMILES string of the molecule is CC/C=C/C/C=C/C/C=C/C/C=C/CCCCCCCCC(=O)OC(COCCC(C(=O)O)[N+](C)(C)C)COC(=O)CC/C=C/C/C=C/CCCCCCCC. The van der Waals surface area contributed by atoms with Crippen molar-refractivity contribution in [2.45, 2.75) is 174 Å². The zero-order valence-electron chi connectivity index (χ0n) is 36.3. The van der Waals surface area contributed by atoms with Gasteiger partial charge in [0.1, 0.15) is 6.61 Å². The Bertz CT molecular complexity index is 1140. The summed E-state index contributed by atoms with van der Waals surface area (Å²) in [6.07, 6.45) is 48.1. The van der Waals surface area contributed by atoms with E-state index in [-0.39, 0.29) is 42.7 Å². The number of aliphatic carboxylic acids is 1. The molecule has 0 aliphatic carbocycles. The van der Waals surface area contributed by atoms with Crippen LogP contribution in [0.3, 0.4) is 0 Å². The Kier molecular flexibility index (Phi) is 36.4. The van der Waals surface area contributed by atoms with Gasteiger partial charge >= 0.3 is 17.9 Å². The number of carboxylic acid groups (broad SMARTS) is 1. The fourth-order valence-corrected chi connectivity index (χ4v) is 5.96. The molecule has 0 saturated carbocycles. The molecule has 0 fully saturated rings. The molecule has 0 bridgehead atoms. The number of carbonyl (C=O) groups is 3. The maximum atomic E-state index is 12.7. The second-order valence-corrected chi connectivity index (χ2v) is 15.6. The van der Waals surface area contributed by atoms with Crippen LogP contribution in [-0.2, 0) is 28.6 Å². The lowest BCUT2D eigenvalue weighted by Gasteiger charge is -2.31.